The number of hydrogen-bond acceptors (Lipinski definition) is 7. The van der Waals surface area contributed by atoms with Crippen LogP contribution >= 0.6 is 0 Å². The summed E-state index contributed by atoms with van der Waals surface area (Å²) in [5, 5.41) is 7.45. The van der Waals surface area contributed by atoms with Crippen molar-refractivity contribution in [1.82, 2.24) is 19.7 Å². The van der Waals surface area contributed by atoms with E-state index in [1.54, 1.807) is 25.6 Å². The maximum absolute atomic E-state index is 11.8. The first kappa shape index (κ1) is 17.3. The van der Waals surface area contributed by atoms with E-state index >= 15 is 0 Å². The first-order chi connectivity index (χ1) is 12.0. The van der Waals surface area contributed by atoms with Crippen LogP contribution in [0.25, 0.3) is 0 Å². The van der Waals surface area contributed by atoms with Gasteiger partial charge >= 0.3 is 0 Å². The van der Waals surface area contributed by atoms with E-state index in [1.165, 1.54) is 4.68 Å². The number of morpholine rings is 1. The van der Waals surface area contributed by atoms with E-state index in [1.807, 2.05) is 13.8 Å². The van der Waals surface area contributed by atoms with Gasteiger partial charge in [0, 0.05) is 44.0 Å². The van der Waals surface area contributed by atoms with Crippen LogP contribution in [0.2, 0.25) is 0 Å². The summed E-state index contributed by atoms with van der Waals surface area (Å²) in [6, 6.07) is 1.63. The highest BCUT2D eigenvalue weighted by Crippen LogP contribution is 2.17. The molecule has 1 aliphatic heterocycles. The Morgan fingerprint density at radius 3 is 3.00 bits per heavy atom. The number of hydrogen-bond donors (Lipinski definition) is 1. The Labute approximate surface area is 146 Å². The summed E-state index contributed by atoms with van der Waals surface area (Å²) < 4.78 is 7.19. The van der Waals surface area contributed by atoms with E-state index in [0.29, 0.717) is 6.61 Å². The first-order valence-corrected chi connectivity index (χ1v) is 8.46. The molecule has 8 heteroatoms. The molecule has 0 spiro atoms. The summed E-state index contributed by atoms with van der Waals surface area (Å²) in [6.45, 7) is 6.92. The van der Waals surface area contributed by atoms with Crippen molar-refractivity contribution in [3.63, 3.8) is 0 Å². The van der Waals surface area contributed by atoms with Gasteiger partial charge < -0.3 is 15.0 Å². The highest BCUT2D eigenvalue weighted by molar-refractivity contribution is 5.45. The molecule has 8 nitrogen and oxygen atoms in total. The Morgan fingerprint density at radius 2 is 2.20 bits per heavy atom. The molecule has 1 N–H and O–H groups in total. The van der Waals surface area contributed by atoms with E-state index in [2.05, 4.69) is 25.3 Å². The molecule has 0 bridgehead atoms. The molecule has 1 aliphatic rings. The van der Waals surface area contributed by atoms with E-state index in [-0.39, 0.29) is 11.7 Å². The maximum atomic E-state index is 11.8. The normalized spacial score (nSPS) is 17.6. The zero-order valence-corrected chi connectivity index (χ0v) is 14.9. The summed E-state index contributed by atoms with van der Waals surface area (Å²) in [4.78, 5) is 22.4. The Bertz CT molecular complexity index is 791. The molecule has 25 heavy (non-hydrogen) atoms. The smallest absolute Gasteiger partial charge is 0.268 e. The maximum Gasteiger partial charge on any atom is 0.268 e. The summed E-state index contributed by atoms with van der Waals surface area (Å²) in [5.74, 6) is 0.871. The second kappa shape index (κ2) is 7.60. The van der Waals surface area contributed by atoms with Crippen LogP contribution in [0.3, 0.4) is 0 Å². The van der Waals surface area contributed by atoms with Gasteiger partial charge in [-0.25, -0.2) is 14.6 Å². The van der Waals surface area contributed by atoms with Gasteiger partial charge in [-0.3, -0.25) is 4.79 Å². The fraction of sp³-hybridized carbons (Fsp3) is 0.529. The van der Waals surface area contributed by atoms with Gasteiger partial charge in [0.25, 0.3) is 5.56 Å². The molecule has 0 radical (unpaired) electrons. The minimum Gasteiger partial charge on any atom is -0.374 e. The van der Waals surface area contributed by atoms with Crippen molar-refractivity contribution in [2.45, 2.75) is 26.4 Å². The van der Waals surface area contributed by atoms with Gasteiger partial charge in [-0.15, -0.1) is 0 Å². The minimum atomic E-state index is -0.100. The lowest BCUT2D eigenvalue weighted by Crippen LogP contribution is -2.43. The number of rotatable bonds is 5. The number of nitrogens with zero attached hydrogens (tertiary/aromatic N) is 5. The molecule has 0 amide bonds. The molecular weight excluding hydrogens is 320 g/mol. The van der Waals surface area contributed by atoms with Crippen LogP contribution in [-0.2, 0) is 11.8 Å². The van der Waals surface area contributed by atoms with Crippen LogP contribution in [0.4, 0.5) is 11.5 Å². The van der Waals surface area contributed by atoms with Gasteiger partial charge in [-0.2, -0.15) is 5.10 Å². The van der Waals surface area contributed by atoms with Crippen molar-refractivity contribution in [3.8, 4) is 0 Å². The molecule has 3 heterocycles. The average molecular weight is 344 g/mol. The molecule has 1 saturated heterocycles. The number of nitrogens with one attached hydrogen (secondary N) is 1. The SMILES string of the molecule is Cc1ncnc(NCCC2CN(c3cnn(C)c(=O)c3)CCO2)c1C. The van der Waals surface area contributed by atoms with E-state index in [9.17, 15) is 4.79 Å². The predicted molar refractivity (Wildman–Crippen MR) is 96.0 cm³/mol. The van der Waals surface area contributed by atoms with Crippen LogP contribution in [0, 0.1) is 13.8 Å². The van der Waals surface area contributed by atoms with Crippen molar-refractivity contribution >= 4 is 11.5 Å². The Hall–Kier alpha value is -2.48. The van der Waals surface area contributed by atoms with Gasteiger partial charge in [0.1, 0.15) is 12.1 Å². The zero-order chi connectivity index (χ0) is 17.8. The van der Waals surface area contributed by atoms with Crippen molar-refractivity contribution in [3.05, 3.63) is 40.2 Å². The standard InChI is InChI=1S/C17H24N6O2/c1-12-13(2)19-11-20-17(12)18-5-4-15-10-23(6-7-25-15)14-8-16(24)22(3)21-9-14/h8-9,11,15H,4-7,10H2,1-3H3,(H,18,19,20). The van der Waals surface area contributed by atoms with Crippen molar-refractivity contribution in [2.24, 2.45) is 7.05 Å². The third-order valence-corrected chi connectivity index (χ3v) is 4.55. The zero-order valence-electron chi connectivity index (χ0n) is 14.9. The highest BCUT2D eigenvalue weighted by atomic mass is 16.5. The summed E-state index contributed by atoms with van der Waals surface area (Å²) in [5.41, 5.74) is 2.80. The molecule has 2 aromatic heterocycles. The average Bonchev–Trinajstić information content (AvgIpc) is 2.61. The lowest BCUT2D eigenvalue weighted by Gasteiger charge is -2.34. The molecule has 0 aliphatic carbocycles. The van der Waals surface area contributed by atoms with Crippen LogP contribution in [0.1, 0.15) is 17.7 Å². The van der Waals surface area contributed by atoms with Crippen molar-refractivity contribution in [2.75, 3.05) is 36.5 Å². The Balaban J connectivity index is 1.56. The van der Waals surface area contributed by atoms with Crippen LogP contribution in [-0.4, -0.2) is 52.1 Å². The molecule has 3 rings (SSSR count). The molecule has 1 fully saturated rings. The fourth-order valence-electron chi connectivity index (χ4n) is 2.83. The van der Waals surface area contributed by atoms with E-state index in [0.717, 1.165) is 48.8 Å². The Morgan fingerprint density at radius 1 is 1.36 bits per heavy atom. The van der Waals surface area contributed by atoms with Crippen molar-refractivity contribution in [1.29, 1.82) is 0 Å². The number of anilines is 2. The lowest BCUT2D eigenvalue weighted by atomic mass is 10.2. The van der Waals surface area contributed by atoms with E-state index in [4.69, 9.17) is 4.74 Å². The molecule has 1 unspecified atom stereocenters. The number of ether oxygens (including phenoxy) is 1. The quantitative estimate of drug-likeness (QED) is 0.862. The third kappa shape index (κ3) is 4.14. The molecule has 0 aromatic carbocycles. The topological polar surface area (TPSA) is 85.2 Å². The molecule has 1 atom stereocenters. The highest BCUT2D eigenvalue weighted by Gasteiger charge is 2.21. The molecule has 0 saturated carbocycles. The fourth-order valence-corrected chi connectivity index (χ4v) is 2.83. The Kier molecular flexibility index (Phi) is 5.28. The van der Waals surface area contributed by atoms with Gasteiger partial charge in [0.2, 0.25) is 0 Å². The minimum absolute atomic E-state index is 0.100. The second-order valence-electron chi connectivity index (χ2n) is 6.26. The molecule has 134 valence electrons. The van der Waals surface area contributed by atoms with Crippen LogP contribution in [0.5, 0.6) is 0 Å². The second-order valence-corrected chi connectivity index (χ2v) is 6.26. The van der Waals surface area contributed by atoms with Gasteiger partial charge in [-0.05, 0) is 20.3 Å². The van der Waals surface area contributed by atoms with Gasteiger partial charge in [0.15, 0.2) is 0 Å². The van der Waals surface area contributed by atoms with E-state index < -0.39 is 0 Å². The molecular formula is C17H24N6O2. The van der Waals surface area contributed by atoms with Crippen molar-refractivity contribution < 1.29 is 4.74 Å². The van der Waals surface area contributed by atoms with Gasteiger partial charge in [0.05, 0.1) is 24.6 Å². The lowest BCUT2D eigenvalue weighted by molar-refractivity contribution is 0.0374. The monoisotopic (exact) mass is 344 g/mol. The number of aromatic nitrogens is 4. The van der Waals surface area contributed by atoms with Crippen LogP contribution < -0.4 is 15.8 Å². The van der Waals surface area contributed by atoms with Gasteiger partial charge in [-0.1, -0.05) is 0 Å². The summed E-state index contributed by atoms with van der Waals surface area (Å²) >= 11 is 0. The van der Waals surface area contributed by atoms with Crippen LogP contribution in [0.15, 0.2) is 23.4 Å². The first-order valence-electron chi connectivity index (χ1n) is 8.46. The summed E-state index contributed by atoms with van der Waals surface area (Å²) in [6.07, 6.45) is 4.27. The largest absolute Gasteiger partial charge is 0.374 e. The third-order valence-electron chi connectivity index (χ3n) is 4.55. The predicted octanol–water partition coefficient (Wildman–Crippen LogP) is 0.895. The number of aryl methyl sites for hydroxylation is 2. The molecule has 2 aromatic rings. The summed E-state index contributed by atoms with van der Waals surface area (Å²) in [7, 11) is 1.65.